The summed E-state index contributed by atoms with van der Waals surface area (Å²) in [5.74, 6) is 0.853. The number of nitrogens with zero attached hydrogens (tertiary/aromatic N) is 1. The Morgan fingerprint density at radius 3 is 2.55 bits per heavy atom. The largest absolute Gasteiger partial charge is 0.381 e. The number of ether oxygens (including phenoxy) is 1. The Balaban J connectivity index is 1.82. The predicted octanol–water partition coefficient (Wildman–Crippen LogP) is 1.18. The van der Waals surface area contributed by atoms with Crippen LogP contribution in [0.5, 0.6) is 0 Å². The monoisotopic (exact) mass is 154 g/mol. The van der Waals surface area contributed by atoms with Gasteiger partial charge in [-0.15, -0.1) is 0 Å². The van der Waals surface area contributed by atoms with Gasteiger partial charge < -0.3 is 4.74 Å². The lowest BCUT2D eigenvalue weighted by Crippen LogP contribution is -2.30. The third-order valence-electron chi connectivity index (χ3n) is 2.83. The lowest BCUT2D eigenvalue weighted by molar-refractivity contribution is 0.0558. The van der Waals surface area contributed by atoms with Crippen molar-refractivity contribution in [3.05, 3.63) is 0 Å². The van der Waals surface area contributed by atoms with Crippen LogP contribution in [0.4, 0.5) is 0 Å². The van der Waals surface area contributed by atoms with Crippen LogP contribution in [0.1, 0.15) is 25.7 Å². The first-order chi connectivity index (χ1) is 5.47. The van der Waals surface area contributed by atoms with Gasteiger partial charge in [-0.25, -0.2) is 5.32 Å². The molecule has 2 aliphatic heterocycles. The molecule has 0 aliphatic carbocycles. The molecule has 0 bridgehead atoms. The van der Waals surface area contributed by atoms with Gasteiger partial charge in [0.2, 0.25) is 0 Å². The molecule has 0 N–H and O–H groups in total. The van der Waals surface area contributed by atoms with E-state index in [9.17, 15) is 0 Å². The van der Waals surface area contributed by atoms with E-state index in [2.05, 4.69) is 5.32 Å². The molecule has 2 fully saturated rings. The minimum Gasteiger partial charge on any atom is -0.381 e. The van der Waals surface area contributed by atoms with Gasteiger partial charge in [0.25, 0.3) is 0 Å². The molecule has 2 nitrogen and oxygen atoms in total. The molecule has 0 amide bonds. The van der Waals surface area contributed by atoms with Gasteiger partial charge in [-0.05, 0) is 31.6 Å². The van der Waals surface area contributed by atoms with Gasteiger partial charge >= 0.3 is 0 Å². The Hall–Kier alpha value is -0.0800. The molecule has 1 atom stereocenters. The van der Waals surface area contributed by atoms with Gasteiger partial charge in [0, 0.05) is 25.8 Å². The normalized spacial score (nSPS) is 34.4. The van der Waals surface area contributed by atoms with Gasteiger partial charge in [-0.3, -0.25) is 0 Å². The van der Waals surface area contributed by atoms with Crippen molar-refractivity contribution in [3.63, 3.8) is 0 Å². The fraction of sp³-hybridized carbons (Fsp3) is 1.00. The second kappa shape index (κ2) is 3.55. The SMILES string of the molecule is C1C[N]C(C2CCOCC2)C1. The molecule has 0 saturated carbocycles. The highest BCUT2D eigenvalue weighted by atomic mass is 16.5. The van der Waals surface area contributed by atoms with Crippen molar-refractivity contribution in [3.8, 4) is 0 Å². The highest BCUT2D eigenvalue weighted by molar-refractivity contribution is 4.82. The van der Waals surface area contributed by atoms with Crippen molar-refractivity contribution in [1.82, 2.24) is 5.32 Å². The van der Waals surface area contributed by atoms with E-state index in [0.717, 1.165) is 25.7 Å². The van der Waals surface area contributed by atoms with Crippen LogP contribution in [-0.2, 0) is 4.74 Å². The van der Waals surface area contributed by atoms with E-state index in [0.29, 0.717) is 6.04 Å². The van der Waals surface area contributed by atoms with Crippen molar-refractivity contribution in [2.45, 2.75) is 31.7 Å². The standard InChI is InChI=1S/C9H16NO/c1-2-9(10-5-1)8-3-6-11-7-4-8/h8-9H,1-7H2. The first-order valence-electron chi connectivity index (χ1n) is 4.71. The summed E-state index contributed by atoms with van der Waals surface area (Å²) in [4.78, 5) is 0. The average molecular weight is 154 g/mol. The molecule has 2 heteroatoms. The van der Waals surface area contributed by atoms with E-state index in [-0.39, 0.29) is 0 Å². The molecule has 0 aromatic carbocycles. The van der Waals surface area contributed by atoms with Gasteiger partial charge in [-0.2, -0.15) is 0 Å². The van der Waals surface area contributed by atoms with Gasteiger partial charge in [0.1, 0.15) is 0 Å². The van der Waals surface area contributed by atoms with Crippen molar-refractivity contribution in [2.24, 2.45) is 5.92 Å². The first-order valence-corrected chi connectivity index (χ1v) is 4.71. The van der Waals surface area contributed by atoms with Crippen molar-refractivity contribution in [1.29, 1.82) is 0 Å². The Bertz CT molecular complexity index is 115. The molecule has 2 aliphatic rings. The van der Waals surface area contributed by atoms with Crippen LogP contribution in [0.25, 0.3) is 0 Å². The Labute approximate surface area is 68.3 Å². The molecular formula is C9H16NO. The minimum absolute atomic E-state index is 0.693. The second-order valence-corrected chi connectivity index (χ2v) is 3.57. The van der Waals surface area contributed by atoms with Crippen LogP contribution in [0.3, 0.4) is 0 Å². The molecule has 0 aromatic heterocycles. The van der Waals surface area contributed by atoms with Gasteiger partial charge in [0.15, 0.2) is 0 Å². The summed E-state index contributed by atoms with van der Waals surface area (Å²) in [6.07, 6.45) is 5.15. The third-order valence-corrected chi connectivity index (χ3v) is 2.83. The quantitative estimate of drug-likeness (QED) is 0.556. The molecule has 2 heterocycles. The first kappa shape index (κ1) is 7.56. The van der Waals surface area contributed by atoms with Gasteiger partial charge in [-0.1, -0.05) is 0 Å². The lowest BCUT2D eigenvalue weighted by atomic mass is 9.91. The van der Waals surface area contributed by atoms with Crippen molar-refractivity contribution < 1.29 is 4.74 Å². The van der Waals surface area contributed by atoms with Gasteiger partial charge in [0.05, 0.1) is 0 Å². The summed E-state index contributed by atoms with van der Waals surface area (Å²) in [6.45, 7) is 3.05. The van der Waals surface area contributed by atoms with Crippen LogP contribution in [0, 0.1) is 5.92 Å². The van der Waals surface area contributed by atoms with E-state index in [1.807, 2.05) is 0 Å². The third kappa shape index (κ3) is 1.74. The predicted molar refractivity (Wildman–Crippen MR) is 43.6 cm³/mol. The summed E-state index contributed by atoms with van der Waals surface area (Å²) in [5.41, 5.74) is 0. The highest BCUT2D eigenvalue weighted by Gasteiger charge is 2.26. The average Bonchev–Trinajstić information content (AvgIpc) is 2.58. The summed E-state index contributed by atoms with van der Waals surface area (Å²) < 4.78 is 5.32. The van der Waals surface area contributed by atoms with Crippen LogP contribution >= 0.6 is 0 Å². The molecular weight excluding hydrogens is 138 g/mol. The molecule has 0 aromatic rings. The second-order valence-electron chi connectivity index (χ2n) is 3.57. The number of hydrogen-bond donors (Lipinski definition) is 0. The molecule has 1 radical (unpaired) electrons. The molecule has 1 unspecified atom stereocenters. The van der Waals surface area contributed by atoms with Crippen LogP contribution in [0.2, 0.25) is 0 Å². The number of hydrogen-bond acceptors (Lipinski definition) is 1. The molecule has 0 spiro atoms. The highest BCUT2D eigenvalue weighted by Crippen LogP contribution is 2.24. The maximum absolute atomic E-state index is 5.32. The fourth-order valence-electron chi connectivity index (χ4n) is 2.13. The molecule has 2 rings (SSSR count). The summed E-state index contributed by atoms with van der Waals surface area (Å²) in [7, 11) is 0. The minimum atomic E-state index is 0.693. The van der Waals surface area contributed by atoms with E-state index in [1.165, 1.54) is 25.7 Å². The van der Waals surface area contributed by atoms with Crippen LogP contribution in [-0.4, -0.2) is 25.8 Å². The summed E-state index contributed by atoms with van der Waals surface area (Å²) >= 11 is 0. The van der Waals surface area contributed by atoms with Crippen molar-refractivity contribution >= 4 is 0 Å². The summed E-state index contributed by atoms with van der Waals surface area (Å²) in [5, 5.41) is 4.60. The smallest absolute Gasteiger partial charge is 0.0469 e. The zero-order chi connectivity index (χ0) is 7.52. The zero-order valence-corrected chi connectivity index (χ0v) is 6.96. The fourth-order valence-corrected chi connectivity index (χ4v) is 2.13. The Morgan fingerprint density at radius 1 is 1.09 bits per heavy atom. The Morgan fingerprint density at radius 2 is 1.91 bits per heavy atom. The maximum atomic E-state index is 5.32. The maximum Gasteiger partial charge on any atom is 0.0469 e. The zero-order valence-electron chi connectivity index (χ0n) is 6.96. The summed E-state index contributed by atoms with van der Waals surface area (Å²) in [6, 6.07) is 0.693. The molecule has 63 valence electrons. The Kier molecular flexibility index (Phi) is 2.44. The molecule has 2 saturated heterocycles. The topological polar surface area (TPSA) is 23.3 Å². The van der Waals surface area contributed by atoms with E-state index < -0.39 is 0 Å². The lowest BCUT2D eigenvalue weighted by Gasteiger charge is -2.26. The van der Waals surface area contributed by atoms with E-state index >= 15 is 0 Å². The molecule has 11 heavy (non-hydrogen) atoms. The number of rotatable bonds is 1. The van der Waals surface area contributed by atoms with E-state index in [4.69, 9.17) is 4.74 Å². The van der Waals surface area contributed by atoms with Crippen molar-refractivity contribution in [2.75, 3.05) is 19.8 Å². The van der Waals surface area contributed by atoms with Crippen LogP contribution < -0.4 is 5.32 Å². The van der Waals surface area contributed by atoms with E-state index in [1.54, 1.807) is 0 Å². The van der Waals surface area contributed by atoms with Crippen LogP contribution in [0.15, 0.2) is 0 Å².